The largest absolute Gasteiger partial charge is 0.477 e. The van der Waals surface area contributed by atoms with E-state index in [1.54, 1.807) is 0 Å². The lowest BCUT2D eigenvalue weighted by Gasteiger charge is -2.20. The number of rotatable bonds is 4. The number of halogens is 4. The lowest BCUT2D eigenvalue weighted by atomic mass is 10.5. The molecule has 0 unspecified atom stereocenters. The van der Waals surface area contributed by atoms with Crippen molar-refractivity contribution in [2.45, 2.75) is 13.1 Å². The summed E-state index contributed by atoms with van der Waals surface area (Å²) in [7, 11) is 0. The van der Waals surface area contributed by atoms with Crippen LogP contribution in [-0.2, 0) is 0 Å². The van der Waals surface area contributed by atoms with Crippen molar-refractivity contribution in [1.29, 1.82) is 0 Å². The monoisotopic (exact) mass is 288 g/mol. The van der Waals surface area contributed by atoms with Crippen LogP contribution in [0, 0.1) is 0 Å². The third kappa shape index (κ3) is 3.74. The average molecular weight is 289 g/mol. The van der Waals surface area contributed by atoms with Crippen LogP contribution in [-0.4, -0.2) is 35.3 Å². The standard InChI is InChI=1S/C8H8ClF3N2O2S/c1-2-14(3-8(10,11)12)7-13-5(9)4(17-7)6(15)16/h2-3H2,1H3,(H,15,16). The lowest BCUT2D eigenvalue weighted by molar-refractivity contribution is -0.119. The predicted molar refractivity (Wildman–Crippen MR) is 58.0 cm³/mol. The van der Waals surface area contributed by atoms with Crippen LogP contribution in [0.3, 0.4) is 0 Å². The number of carboxylic acid groups (broad SMARTS) is 1. The van der Waals surface area contributed by atoms with Crippen LogP contribution in [0.15, 0.2) is 0 Å². The lowest BCUT2D eigenvalue weighted by Crippen LogP contribution is -2.33. The van der Waals surface area contributed by atoms with Crippen molar-refractivity contribution in [2.24, 2.45) is 0 Å². The summed E-state index contributed by atoms with van der Waals surface area (Å²) >= 11 is 6.15. The van der Waals surface area contributed by atoms with E-state index in [1.165, 1.54) is 6.92 Å². The Hall–Kier alpha value is -1.02. The summed E-state index contributed by atoms with van der Waals surface area (Å²) in [5, 5.41) is 8.37. The highest BCUT2D eigenvalue weighted by Gasteiger charge is 2.32. The van der Waals surface area contributed by atoms with Crippen molar-refractivity contribution < 1.29 is 23.1 Å². The molecule has 0 fully saturated rings. The predicted octanol–water partition coefficient (Wildman–Crippen LogP) is 2.88. The van der Waals surface area contributed by atoms with Crippen LogP contribution in [0.1, 0.15) is 16.6 Å². The van der Waals surface area contributed by atoms with Gasteiger partial charge >= 0.3 is 12.1 Å². The highest BCUT2D eigenvalue weighted by Crippen LogP contribution is 2.31. The molecule has 0 aliphatic carbocycles. The van der Waals surface area contributed by atoms with Crippen molar-refractivity contribution >= 4 is 34.0 Å². The molecule has 4 nitrogen and oxygen atoms in total. The van der Waals surface area contributed by atoms with E-state index in [0.717, 1.165) is 4.90 Å². The summed E-state index contributed by atoms with van der Waals surface area (Å²) in [5.41, 5.74) is 0. The van der Waals surface area contributed by atoms with Crippen molar-refractivity contribution in [3.63, 3.8) is 0 Å². The van der Waals surface area contributed by atoms with E-state index in [1.807, 2.05) is 0 Å². The maximum Gasteiger partial charge on any atom is 0.406 e. The molecule has 1 rings (SSSR count). The topological polar surface area (TPSA) is 53.4 Å². The van der Waals surface area contributed by atoms with E-state index in [2.05, 4.69) is 4.98 Å². The number of aromatic carboxylic acids is 1. The zero-order valence-electron chi connectivity index (χ0n) is 8.58. The van der Waals surface area contributed by atoms with Gasteiger partial charge in [0.15, 0.2) is 15.2 Å². The summed E-state index contributed by atoms with van der Waals surface area (Å²) in [6, 6.07) is 0. The first-order chi connectivity index (χ1) is 7.74. The fraction of sp³-hybridized carbons (Fsp3) is 0.500. The van der Waals surface area contributed by atoms with Gasteiger partial charge in [0.25, 0.3) is 0 Å². The summed E-state index contributed by atoms with van der Waals surface area (Å²) in [4.78, 5) is 15.0. The second-order valence-electron chi connectivity index (χ2n) is 3.05. The molecule has 0 amide bonds. The average Bonchev–Trinajstić information content (AvgIpc) is 2.55. The van der Waals surface area contributed by atoms with E-state index in [4.69, 9.17) is 16.7 Å². The fourth-order valence-corrected chi connectivity index (χ4v) is 2.28. The minimum atomic E-state index is -4.38. The van der Waals surface area contributed by atoms with E-state index in [0.29, 0.717) is 11.3 Å². The molecule has 0 atom stereocenters. The molecule has 1 aromatic heterocycles. The second-order valence-corrected chi connectivity index (χ2v) is 4.39. The van der Waals surface area contributed by atoms with E-state index in [-0.39, 0.29) is 21.7 Å². The third-order valence-corrected chi connectivity index (χ3v) is 3.28. The number of nitrogens with zero attached hydrogens (tertiary/aromatic N) is 2. The van der Waals surface area contributed by atoms with Gasteiger partial charge in [0.2, 0.25) is 0 Å². The van der Waals surface area contributed by atoms with Crippen LogP contribution in [0.2, 0.25) is 5.15 Å². The van der Waals surface area contributed by atoms with Gasteiger partial charge in [-0.25, -0.2) is 9.78 Å². The van der Waals surface area contributed by atoms with Gasteiger partial charge in [0.1, 0.15) is 6.54 Å². The molecule has 0 saturated heterocycles. The first-order valence-electron chi connectivity index (χ1n) is 4.46. The molecule has 0 aliphatic rings. The number of anilines is 1. The van der Waals surface area contributed by atoms with Gasteiger partial charge in [-0.2, -0.15) is 13.2 Å². The molecule has 17 heavy (non-hydrogen) atoms. The van der Waals surface area contributed by atoms with Crippen LogP contribution in [0.25, 0.3) is 0 Å². The molecule has 0 saturated carbocycles. The van der Waals surface area contributed by atoms with Crippen molar-refractivity contribution in [3.05, 3.63) is 10.0 Å². The second kappa shape index (κ2) is 5.09. The number of carboxylic acids is 1. The number of carbonyl (C=O) groups is 1. The van der Waals surface area contributed by atoms with E-state index >= 15 is 0 Å². The molecule has 1 heterocycles. The number of thiazole rings is 1. The molecular formula is C8H8ClF3N2O2S. The van der Waals surface area contributed by atoms with Gasteiger partial charge in [0, 0.05) is 6.54 Å². The molecule has 0 aliphatic heterocycles. The Balaban J connectivity index is 2.97. The molecule has 0 aromatic carbocycles. The minimum absolute atomic E-state index is 0.0489. The Kier molecular flexibility index (Phi) is 4.21. The molecule has 1 aromatic rings. The maximum absolute atomic E-state index is 12.2. The van der Waals surface area contributed by atoms with Gasteiger partial charge in [-0.1, -0.05) is 22.9 Å². The third-order valence-electron chi connectivity index (χ3n) is 1.79. The van der Waals surface area contributed by atoms with Gasteiger partial charge in [-0.15, -0.1) is 0 Å². The fourth-order valence-electron chi connectivity index (χ4n) is 1.09. The van der Waals surface area contributed by atoms with Gasteiger partial charge in [-0.05, 0) is 6.92 Å². The number of aromatic nitrogens is 1. The minimum Gasteiger partial charge on any atom is -0.477 e. The SMILES string of the molecule is CCN(CC(F)(F)F)c1nc(Cl)c(C(=O)O)s1. The Morgan fingerprint density at radius 3 is 2.53 bits per heavy atom. The first-order valence-corrected chi connectivity index (χ1v) is 5.65. The zero-order valence-corrected chi connectivity index (χ0v) is 10.2. The Morgan fingerprint density at radius 2 is 2.18 bits per heavy atom. The van der Waals surface area contributed by atoms with Crippen LogP contribution < -0.4 is 4.90 Å². The summed E-state index contributed by atoms with van der Waals surface area (Å²) < 4.78 is 36.7. The Bertz CT molecular complexity index is 421. The number of alkyl halides is 3. The van der Waals surface area contributed by atoms with Crippen LogP contribution in [0.5, 0.6) is 0 Å². The molecule has 1 N–H and O–H groups in total. The van der Waals surface area contributed by atoms with Gasteiger partial charge in [-0.3, -0.25) is 0 Å². The quantitative estimate of drug-likeness (QED) is 0.925. The molecule has 0 bridgehead atoms. The highest BCUT2D eigenvalue weighted by molar-refractivity contribution is 7.18. The van der Waals surface area contributed by atoms with Crippen molar-refractivity contribution in [1.82, 2.24) is 4.98 Å². The smallest absolute Gasteiger partial charge is 0.406 e. The summed E-state index contributed by atoms with van der Waals surface area (Å²) in [6.45, 7) is 0.385. The van der Waals surface area contributed by atoms with E-state index in [9.17, 15) is 18.0 Å². The van der Waals surface area contributed by atoms with Crippen molar-refractivity contribution in [3.8, 4) is 0 Å². The molecular weight excluding hydrogens is 281 g/mol. The zero-order chi connectivity index (χ0) is 13.2. The molecule has 96 valence electrons. The maximum atomic E-state index is 12.2. The van der Waals surface area contributed by atoms with Crippen LogP contribution in [0.4, 0.5) is 18.3 Å². The summed E-state index contributed by atoms with van der Waals surface area (Å²) in [6.07, 6.45) is -4.38. The Labute approximate surface area is 104 Å². The van der Waals surface area contributed by atoms with Gasteiger partial charge in [0.05, 0.1) is 0 Å². The van der Waals surface area contributed by atoms with Crippen LogP contribution >= 0.6 is 22.9 Å². The number of hydrogen-bond acceptors (Lipinski definition) is 4. The summed E-state index contributed by atoms with van der Waals surface area (Å²) in [5.74, 6) is -1.30. The Morgan fingerprint density at radius 1 is 1.59 bits per heavy atom. The highest BCUT2D eigenvalue weighted by atomic mass is 35.5. The van der Waals surface area contributed by atoms with Gasteiger partial charge < -0.3 is 10.0 Å². The normalized spacial score (nSPS) is 11.6. The van der Waals surface area contributed by atoms with Crippen molar-refractivity contribution in [2.75, 3.05) is 18.0 Å². The molecule has 0 spiro atoms. The van der Waals surface area contributed by atoms with E-state index < -0.39 is 18.7 Å². The molecule has 9 heteroatoms. The first kappa shape index (κ1) is 14.0. The number of hydrogen-bond donors (Lipinski definition) is 1. The molecule has 0 radical (unpaired) electrons.